The number of esters is 2. The van der Waals surface area contributed by atoms with Crippen molar-refractivity contribution in [2.45, 2.75) is 41.9 Å². The molecule has 9 nitrogen and oxygen atoms in total. The minimum Gasteiger partial charge on any atom is -0.463 e. The summed E-state index contributed by atoms with van der Waals surface area (Å²) in [4.78, 5) is 54.0. The number of imidazole rings is 2. The number of nitrogens with one attached hydrogen (secondary N) is 2. The Morgan fingerprint density at radius 3 is 2.26 bits per heavy atom. The highest BCUT2D eigenvalue weighted by molar-refractivity contribution is 8.01. The van der Waals surface area contributed by atoms with Crippen molar-refractivity contribution >= 4 is 63.3 Å². The van der Waals surface area contributed by atoms with Gasteiger partial charge in [0.05, 0.1) is 34.4 Å². The Bertz CT molecular complexity index is 1480. The van der Waals surface area contributed by atoms with Crippen LogP contribution >= 0.6 is 23.5 Å². The van der Waals surface area contributed by atoms with E-state index in [2.05, 4.69) is 19.9 Å². The van der Waals surface area contributed by atoms with E-state index in [1.807, 2.05) is 50.2 Å². The molecule has 2 aromatic heterocycles. The Hall–Kier alpha value is -3.31. The maximum absolute atomic E-state index is 13.2. The largest absolute Gasteiger partial charge is 0.463 e. The normalized spacial score (nSPS) is 20.0. The van der Waals surface area contributed by atoms with Crippen LogP contribution in [-0.4, -0.2) is 60.9 Å². The van der Waals surface area contributed by atoms with Crippen LogP contribution in [0.2, 0.25) is 0 Å². The van der Waals surface area contributed by atoms with Crippen LogP contribution in [0, 0.1) is 13.8 Å². The van der Waals surface area contributed by atoms with Gasteiger partial charge in [0, 0.05) is 0 Å². The Labute approximate surface area is 208 Å². The summed E-state index contributed by atoms with van der Waals surface area (Å²) in [5, 5.41) is -0.234. The number of hydrogen-bond acceptors (Lipinski definition) is 9. The summed E-state index contributed by atoms with van der Waals surface area (Å²) in [5.41, 5.74) is 3.42. The zero-order valence-corrected chi connectivity index (χ0v) is 20.8. The van der Waals surface area contributed by atoms with Crippen LogP contribution in [0.4, 0.5) is 0 Å². The molecule has 0 aliphatic carbocycles. The van der Waals surface area contributed by atoms with Gasteiger partial charge in [-0.3, -0.25) is 4.79 Å². The molecule has 2 unspecified atom stereocenters. The van der Waals surface area contributed by atoms with Gasteiger partial charge in [-0.2, -0.15) is 0 Å². The molecule has 4 aromatic rings. The molecule has 0 radical (unpaired) electrons. The van der Waals surface area contributed by atoms with Crippen molar-refractivity contribution in [3.8, 4) is 0 Å². The van der Waals surface area contributed by atoms with Gasteiger partial charge in [0.25, 0.3) is 5.78 Å². The fourth-order valence-electron chi connectivity index (χ4n) is 3.91. The first-order valence-electron chi connectivity index (χ1n) is 11.0. The molecule has 2 atom stereocenters. The molecular formula is C24H22N4O5S2. The lowest BCUT2D eigenvalue weighted by molar-refractivity contribution is -0.171. The molecule has 1 fully saturated rings. The summed E-state index contributed by atoms with van der Waals surface area (Å²) < 4.78 is 10.8. The molecule has 1 aliphatic heterocycles. The fraction of sp³-hybridized carbons (Fsp3) is 0.292. The third-order valence-corrected chi connectivity index (χ3v) is 7.93. The maximum Gasteiger partial charge on any atom is 0.377 e. The van der Waals surface area contributed by atoms with E-state index < -0.39 is 28.6 Å². The number of benzene rings is 2. The van der Waals surface area contributed by atoms with E-state index in [1.165, 1.54) is 11.8 Å². The van der Waals surface area contributed by atoms with E-state index in [9.17, 15) is 14.4 Å². The number of carbonyl (C=O) groups excluding carboxylic acids is 3. The number of carbonyl (C=O) groups is 3. The number of H-pyrrole nitrogens is 2. The maximum atomic E-state index is 13.2. The van der Waals surface area contributed by atoms with Crippen molar-refractivity contribution in [2.24, 2.45) is 0 Å². The quantitative estimate of drug-likeness (QED) is 0.217. The van der Waals surface area contributed by atoms with E-state index >= 15 is 0 Å². The van der Waals surface area contributed by atoms with E-state index in [1.54, 1.807) is 6.92 Å². The SMILES string of the molecule is CCOC(=O)C1(CSc2nc3ccc(C)cc3[nH]2)OC(=O)C(=O)C1Sc1nc2ccc(C)cc2[nH]1. The molecule has 180 valence electrons. The number of aryl methyl sites for hydroxylation is 2. The summed E-state index contributed by atoms with van der Waals surface area (Å²) in [5.74, 6) is -2.70. The van der Waals surface area contributed by atoms with Gasteiger partial charge < -0.3 is 19.4 Å². The molecule has 0 bridgehead atoms. The standard InChI is InChI=1S/C24H22N4O5S2/c1-4-32-21(31)24(11-34-22-25-14-7-5-12(2)9-16(14)27-22)19(18(29)20(30)33-24)35-23-26-15-8-6-13(3)10-17(15)28-23/h5-10,19H,4,11H2,1-3H3,(H,25,27)(H,26,28). The molecule has 0 spiro atoms. The Morgan fingerprint density at radius 1 is 1.03 bits per heavy atom. The number of hydrogen-bond donors (Lipinski definition) is 2. The number of thioether (sulfide) groups is 2. The van der Waals surface area contributed by atoms with E-state index in [-0.39, 0.29) is 12.4 Å². The predicted molar refractivity (Wildman–Crippen MR) is 132 cm³/mol. The first-order chi connectivity index (χ1) is 16.8. The zero-order chi connectivity index (χ0) is 24.7. The number of ether oxygens (including phenoxy) is 2. The van der Waals surface area contributed by atoms with Crippen LogP contribution in [0.25, 0.3) is 22.1 Å². The number of Topliss-reactive ketones (excluding diaryl/α,β-unsaturated/α-hetero) is 1. The summed E-state index contributed by atoms with van der Waals surface area (Å²) in [6.45, 7) is 5.67. The lowest BCUT2D eigenvalue weighted by Gasteiger charge is -2.28. The van der Waals surface area contributed by atoms with Crippen LogP contribution in [0.1, 0.15) is 18.1 Å². The van der Waals surface area contributed by atoms with Gasteiger partial charge in [-0.15, -0.1) is 0 Å². The Morgan fingerprint density at radius 2 is 1.63 bits per heavy atom. The molecule has 1 aliphatic rings. The van der Waals surface area contributed by atoms with Crippen molar-refractivity contribution in [1.29, 1.82) is 0 Å². The van der Waals surface area contributed by atoms with Crippen molar-refractivity contribution in [1.82, 2.24) is 19.9 Å². The number of nitrogens with zero attached hydrogens (tertiary/aromatic N) is 2. The molecule has 1 saturated heterocycles. The van der Waals surface area contributed by atoms with Gasteiger partial charge in [-0.05, 0) is 56.2 Å². The number of aromatic nitrogens is 4. The minimum absolute atomic E-state index is 0.0564. The van der Waals surface area contributed by atoms with E-state index in [0.29, 0.717) is 15.8 Å². The summed E-state index contributed by atoms with van der Waals surface area (Å²) >= 11 is 2.18. The van der Waals surface area contributed by atoms with Crippen LogP contribution in [0.5, 0.6) is 0 Å². The second-order valence-corrected chi connectivity index (χ2v) is 10.3. The number of ketones is 1. The highest BCUT2D eigenvalue weighted by atomic mass is 32.2. The lowest BCUT2D eigenvalue weighted by Crippen LogP contribution is -2.51. The highest BCUT2D eigenvalue weighted by Crippen LogP contribution is 2.42. The Balaban J connectivity index is 1.48. The van der Waals surface area contributed by atoms with Crippen molar-refractivity contribution in [3.05, 3.63) is 47.5 Å². The molecule has 0 saturated carbocycles. The molecular weight excluding hydrogens is 488 g/mol. The van der Waals surface area contributed by atoms with Gasteiger partial charge in [-0.25, -0.2) is 19.6 Å². The summed E-state index contributed by atoms with van der Waals surface area (Å²) in [6.07, 6.45) is 0. The minimum atomic E-state index is -1.83. The molecule has 2 aromatic carbocycles. The van der Waals surface area contributed by atoms with Gasteiger partial charge in [-0.1, -0.05) is 35.7 Å². The molecule has 3 heterocycles. The van der Waals surface area contributed by atoms with Crippen LogP contribution < -0.4 is 0 Å². The number of fused-ring (bicyclic) bond motifs is 2. The topological polar surface area (TPSA) is 127 Å². The monoisotopic (exact) mass is 510 g/mol. The molecule has 11 heteroatoms. The summed E-state index contributed by atoms with van der Waals surface area (Å²) in [6, 6.07) is 11.5. The highest BCUT2D eigenvalue weighted by Gasteiger charge is 2.62. The number of cyclic esters (lactones) is 1. The first kappa shape index (κ1) is 23.4. The summed E-state index contributed by atoms with van der Waals surface area (Å²) in [7, 11) is 0. The van der Waals surface area contributed by atoms with Crippen molar-refractivity contribution in [2.75, 3.05) is 12.4 Å². The second-order valence-electron chi connectivity index (χ2n) is 8.28. The first-order valence-corrected chi connectivity index (χ1v) is 12.8. The molecule has 35 heavy (non-hydrogen) atoms. The van der Waals surface area contributed by atoms with E-state index in [0.717, 1.165) is 39.4 Å². The van der Waals surface area contributed by atoms with Gasteiger partial charge in [0.15, 0.2) is 10.3 Å². The third kappa shape index (κ3) is 4.30. The average Bonchev–Trinajstić information content (AvgIpc) is 3.48. The molecule has 2 N–H and O–H groups in total. The number of rotatable bonds is 7. The van der Waals surface area contributed by atoms with E-state index in [4.69, 9.17) is 9.47 Å². The number of aromatic amines is 2. The Kier molecular flexibility index (Phi) is 6.06. The van der Waals surface area contributed by atoms with Crippen LogP contribution in [0.3, 0.4) is 0 Å². The lowest BCUT2D eigenvalue weighted by atomic mass is 10.0. The van der Waals surface area contributed by atoms with Crippen molar-refractivity contribution < 1.29 is 23.9 Å². The molecule has 5 rings (SSSR count). The van der Waals surface area contributed by atoms with Crippen LogP contribution in [-0.2, 0) is 23.9 Å². The average molecular weight is 511 g/mol. The zero-order valence-electron chi connectivity index (χ0n) is 19.2. The third-order valence-electron chi connectivity index (χ3n) is 5.64. The van der Waals surface area contributed by atoms with Gasteiger partial charge >= 0.3 is 11.9 Å². The second kappa shape index (κ2) is 9.04. The van der Waals surface area contributed by atoms with Gasteiger partial charge in [0.2, 0.25) is 5.60 Å². The van der Waals surface area contributed by atoms with Crippen LogP contribution in [0.15, 0.2) is 46.7 Å². The van der Waals surface area contributed by atoms with Gasteiger partial charge in [0.1, 0.15) is 5.25 Å². The van der Waals surface area contributed by atoms with Crippen molar-refractivity contribution in [3.63, 3.8) is 0 Å². The molecule has 0 amide bonds. The smallest absolute Gasteiger partial charge is 0.377 e. The predicted octanol–water partition coefficient (Wildman–Crippen LogP) is 3.74. The fourth-order valence-corrected chi connectivity index (χ4v) is 6.22.